The number of hydrogen-bond acceptors (Lipinski definition) is 5. The van der Waals surface area contributed by atoms with Crippen LogP contribution in [0.1, 0.15) is 26.4 Å². The number of rotatable bonds is 6. The normalized spacial score (nSPS) is 14.3. The van der Waals surface area contributed by atoms with E-state index < -0.39 is 10.0 Å². The third kappa shape index (κ3) is 4.39. The van der Waals surface area contributed by atoms with E-state index in [4.69, 9.17) is 0 Å². The Morgan fingerprint density at radius 1 is 1.21 bits per heavy atom. The average Bonchev–Trinajstić information content (AvgIpc) is 3.22. The van der Waals surface area contributed by atoms with Crippen LogP contribution >= 0.6 is 11.3 Å². The zero-order valence-corrected chi connectivity index (χ0v) is 17.4. The molecule has 1 N–H and O–H groups in total. The van der Waals surface area contributed by atoms with Gasteiger partial charge in [-0.25, -0.2) is 8.42 Å². The number of pyridine rings is 1. The molecule has 0 saturated heterocycles. The fraction of sp³-hybridized carbons (Fsp3) is 0.238. The minimum Gasteiger partial charge on any atom is -0.352 e. The van der Waals surface area contributed by atoms with Gasteiger partial charge in [-0.2, -0.15) is 4.31 Å². The monoisotopic (exact) mass is 427 g/mol. The van der Waals surface area contributed by atoms with Gasteiger partial charge in [0.25, 0.3) is 5.91 Å². The predicted octanol–water partition coefficient (Wildman–Crippen LogP) is 2.86. The van der Waals surface area contributed by atoms with E-state index in [2.05, 4.69) is 10.3 Å². The topological polar surface area (TPSA) is 79.4 Å². The second-order valence-electron chi connectivity index (χ2n) is 6.85. The Bertz CT molecular complexity index is 1110. The fourth-order valence-corrected chi connectivity index (χ4v) is 5.70. The van der Waals surface area contributed by atoms with Crippen LogP contribution in [0.15, 0.2) is 65.1 Å². The van der Waals surface area contributed by atoms with Crippen molar-refractivity contribution in [3.8, 4) is 0 Å². The van der Waals surface area contributed by atoms with E-state index in [-0.39, 0.29) is 10.8 Å². The molecule has 150 valence electrons. The molecular formula is C21H21N3O3S2. The van der Waals surface area contributed by atoms with Gasteiger partial charge < -0.3 is 5.32 Å². The third-order valence-electron chi connectivity index (χ3n) is 4.93. The molecule has 0 bridgehead atoms. The highest BCUT2D eigenvalue weighted by Gasteiger charge is 2.29. The van der Waals surface area contributed by atoms with E-state index in [1.165, 1.54) is 15.2 Å². The van der Waals surface area contributed by atoms with Crippen molar-refractivity contribution in [2.24, 2.45) is 0 Å². The van der Waals surface area contributed by atoms with Crippen molar-refractivity contribution in [3.05, 3.63) is 81.8 Å². The average molecular weight is 428 g/mol. The third-order valence-corrected chi connectivity index (χ3v) is 7.79. The minimum atomic E-state index is -3.65. The van der Waals surface area contributed by atoms with Gasteiger partial charge in [0.2, 0.25) is 10.0 Å². The summed E-state index contributed by atoms with van der Waals surface area (Å²) in [6.45, 7) is 1.29. The van der Waals surface area contributed by atoms with E-state index in [0.717, 1.165) is 17.5 Å². The van der Waals surface area contributed by atoms with Crippen LogP contribution in [0.2, 0.25) is 0 Å². The van der Waals surface area contributed by atoms with Crippen molar-refractivity contribution in [3.63, 3.8) is 0 Å². The molecule has 3 aromatic rings. The summed E-state index contributed by atoms with van der Waals surface area (Å²) in [6.07, 6.45) is 4.85. The first-order chi connectivity index (χ1) is 14.0. The van der Waals surface area contributed by atoms with Gasteiger partial charge in [-0.05, 0) is 59.7 Å². The molecule has 29 heavy (non-hydrogen) atoms. The lowest BCUT2D eigenvalue weighted by atomic mass is 10.1. The molecule has 3 heterocycles. The van der Waals surface area contributed by atoms with Crippen LogP contribution in [0, 0.1) is 0 Å². The van der Waals surface area contributed by atoms with E-state index >= 15 is 0 Å². The van der Waals surface area contributed by atoms with E-state index in [1.807, 2.05) is 23.6 Å². The number of aromatic nitrogens is 1. The van der Waals surface area contributed by atoms with Gasteiger partial charge in [0.15, 0.2) is 0 Å². The lowest BCUT2D eigenvalue weighted by Crippen LogP contribution is -2.35. The fourth-order valence-electron chi connectivity index (χ4n) is 3.34. The molecule has 0 aliphatic carbocycles. The van der Waals surface area contributed by atoms with Crippen LogP contribution in [0.25, 0.3) is 0 Å². The van der Waals surface area contributed by atoms with E-state index in [9.17, 15) is 13.2 Å². The zero-order chi connectivity index (χ0) is 20.3. The lowest BCUT2D eigenvalue weighted by molar-refractivity contribution is 0.0954. The summed E-state index contributed by atoms with van der Waals surface area (Å²) < 4.78 is 27.7. The highest BCUT2D eigenvalue weighted by molar-refractivity contribution is 7.89. The van der Waals surface area contributed by atoms with E-state index in [1.54, 1.807) is 41.9 Å². The molecule has 4 rings (SSSR count). The highest BCUT2D eigenvalue weighted by Crippen LogP contribution is 2.28. The smallest absolute Gasteiger partial charge is 0.251 e. The molecule has 0 unspecified atom stereocenters. The van der Waals surface area contributed by atoms with Gasteiger partial charge >= 0.3 is 0 Å². The van der Waals surface area contributed by atoms with Gasteiger partial charge in [0.1, 0.15) is 0 Å². The maximum atomic E-state index is 13.1. The Hall–Kier alpha value is -2.55. The number of amides is 1. The summed E-state index contributed by atoms with van der Waals surface area (Å²) in [5, 5.41) is 4.84. The first-order valence-electron chi connectivity index (χ1n) is 9.36. The van der Waals surface area contributed by atoms with Gasteiger partial charge in [-0.1, -0.05) is 12.1 Å². The van der Waals surface area contributed by atoms with Gasteiger partial charge in [0, 0.05) is 42.5 Å². The zero-order valence-electron chi connectivity index (χ0n) is 15.7. The molecule has 0 spiro atoms. The second kappa shape index (κ2) is 8.44. The summed E-state index contributed by atoms with van der Waals surface area (Å²) >= 11 is 1.67. The van der Waals surface area contributed by atoms with Crippen LogP contribution in [0.5, 0.6) is 0 Å². The molecule has 6 nitrogen and oxygen atoms in total. The number of benzene rings is 1. The van der Waals surface area contributed by atoms with Gasteiger partial charge in [-0.3, -0.25) is 9.78 Å². The molecule has 0 fully saturated rings. The van der Waals surface area contributed by atoms with Crippen molar-refractivity contribution in [2.45, 2.75) is 24.3 Å². The number of sulfonamides is 1. The second-order valence-corrected chi connectivity index (χ2v) is 9.79. The van der Waals surface area contributed by atoms with Crippen LogP contribution in [-0.2, 0) is 29.4 Å². The first-order valence-corrected chi connectivity index (χ1v) is 11.7. The summed E-state index contributed by atoms with van der Waals surface area (Å²) in [6, 6.07) is 12.0. The SMILES string of the molecule is O=C(NCCc1cccnc1)c1cccc(S(=O)(=O)N2CCc3sccc3C2)c1. The summed E-state index contributed by atoms with van der Waals surface area (Å²) in [5.41, 5.74) is 2.43. The molecule has 0 atom stereocenters. The van der Waals surface area contributed by atoms with Crippen LogP contribution < -0.4 is 5.32 Å². The van der Waals surface area contributed by atoms with Crippen LogP contribution in [-0.4, -0.2) is 36.7 Å². The molecule has 1 amide bonds. The quantitative estimate of drug-likeness (QED) is 0.656. The van der Waals surface area contributed by atoms with Crippen LogP contribution in [0.3, 0.4) is 0 Å². The van der Waals surface area contributed by atoms with Crippen LogP contribution in [0.4, 0.5) is 0 Å². The molecule has 1 aliphatic rings. The molecule has 1 aromatic carbocycles. The summed E-state index contributed by atoms with van der Waals surface area (Å²) in [7, 11) is -3.65. The Balaban J connectivity index is 1.44. The van der Waals surface area contributed by atoms with Gasteiger partial charge in [-0.15, -0.1) is 11.3 Å². The number of fused-ring (bicyclic) bond motifs is 1. The molecule has 2 aromatic heterocycles. The Morgan fingerprint density at radius 3 is 2.93 bits per heavy atom. The van der Waals surface area contributed by atoms with Crippen molar-refractivity contribution in [1.29, 1.82) is 0 Å². The number of nitrogens with one attached hydrogen (secondary N) is 1. The molecule has 0 radical (unpaired) electrons. The molecule has 8 heteroatoms. The highest BCUT2D eigenvalue weighted by atomic mass is 32.2. The molecular weight excluding hydrogens is 406 g/mol. The number of carbonyl (C=O) groups excluding carboxylic acids is 1. The van der Waals surface area contributed by atoms with Crippen molar-refractivity contribution in [1.82, 2.24) is 14.6 Å². The Kier molecular flexibility index (Phi) is 5.75. The lowest BCUT2D eigenvalue weighted by Gasteiger charge is -2.26. The molecule has 1 aliphatic heterocycles. The van der Waals surface area contributed by atoms with Crippen molar-refractivity contribution < 1.29 is 13.2 Å². The number of nitrogens with zero attached hydrogens (tertiary/aromatic N) is 2. The number of hydrogen-bond donors (Lipinski definition) is 1. The van der Waals surface area contributed by atoms with Crippen molar-refractivity contribution in [2.75, 3.05) is 13.1 Å². The Morgan fingerprint density at radius 2 is 2.10 bits per heavy atom. The molecule has 0 saturated carbocycles. The van der Waals surface area contributed by atoms with Crippen molar-refractivity contribution >= 4 is 27.3 Å². The largest absolute Gasteiger partial charge is 0.352 e. The maximum Gasteiger partial charge on any atom is 0.251 e. The standard InChI is InChI=1S/C21H21N3O3S2/c25-21(23-10-6-16-3-2-9-22-14-16)17-4-1-5-19(13-17)29(26,27)24-11-7-20-18(15-24)8-12-28-20/h1-5,8-9,12-14H,6-7,10-11,15H2,(H,23,25). The Labute approximate surface area is 174 Å². The van der Waals surface area contributed by atoms with Gasteiger partial charge in [0.05, 0.1) is 4.90 Å². The van der Waals surface area contributed by atoms with E-state index in [0.29, 0.717) is 31.6 Å². The number of carbonyl (C=O) groups is 1. The number of thiophene rings is 1. The minimum absolute atomic E-state index is 0.149. The summed E-state index contributed by atoms with van der Waals surface area (Å²) in [4.78, 5) is 17.9. The summed E-state index contributed by atoms with van der Waals surface area (Å²) in [5.74, 6) is -0.287. The maximum absolute atomic E-state index is 13.1. The predicted molar refractivity (Wildman–Crippen MR) is 112 cm³/mol. The first kappa shape index (κ1) is 19.8.